The Morgan fingerprint density at radius 2 is 2.14 bits per heavy atom. The van der Waals surface area contributed by atoms with Gasteiger partial charge in [0.05, 0.1) is 0 Å². The summed E-state index contributed by atoms with van der Waals surface area (Å²) in [4.78, 5) is 15.5. The van der Waals surface area contributed by atoms with Crippen molar-refractivity contribution in [1.82, 2.24) is 19.6 Å². The summed E-state index contributed by atoms with van der Waals surface area (Å²) in [5.74, 6) is 1.21. The highest BCUT2D eigenvalue weighted by Gasteiger charge is 2.05. The Bertz CT molecular complexity index is 777. The molecule has 21 heavy (non-hydrogen) atoms. The van der Waals surface area contributed by atoms with Crippen LogP contribution in [0.25, 0.3) is 5.65 Å². The third kappa shape index (κ3) is 2.94. The van der Waals surface area contributed by atoms with E-state index in [0.29, 0.717) is 11.6 Å². The van der Waals surface area contributed by atoms with Crippen LogP contribution in [0.3, 0.4) is 0 Å². The maximum Gasteiger partial charge on any atom is 0.348 e. The number of nitrogens with zero attached hydrogens (tertiary/aromatic N) is 3. The number of nitrogens with one attached hydrogen (secondary N) is 2. The number of aromatic amines is 1. The lowest BCUT2D eigenvalue weighted by molar-refractivity contribution is 0.704. The van der Waals surface area contributed by atoms with Gasteiger partial charge in [0.1, 0.15) is 12.1 Å². The van der Waals surface area contributed by atoms with Crippen LogP contribution in [0.5, 0.6) is 0 Å². The van der Waals surface area contributed by atoms with Crippen molar-refractivity contribution in [3.05, 3.63) is 58.8 Å². The molecule has 0 spiro atoms. The smallest absolute Gasteiger partial charge is 0.348 e. The fraction of sp³-hybridized carbons (Fsp3) is 0.267. The summed E-state index contributed by atoms with van der Waals surface area (Å²) in [5, 5.41) is 9.57. The molecule has 0 amide bonds. The van der Waals surface area contributed by atoms with Gasteiger partial charge in [-0.15, -0.1) is 0 Å². The molecular weight excluding hydrogens is 266 g/mol. The van der Waals surface area contributed by atoms with Gasteiger partial charge in [-0.1, -0.05) is 37.3 Å². The second kappa shape index (κ2) is 5.78. The molecule has 2 N–H and O–H groups in total. The predicted molar refractivity (Wildman–Crippen MR) is 81.6 cm³/mol. The molecule has 1 atom stereocenters. The van der Waals surface area contributed by atoms with E-state index in [9.17, 15) is 4.79 Å². The molecule has 0 saturated carbocycles. The molecule has 3 aromatic rings. The van der Waals surface area contributed by atoms with Gasteiger partial charge in [-0.25, -0.2) is 19.3 Å². The highest BCUT2D eigenvalue weighted by atomic mass is 16.1. The number of H-pyrrole nitrogens is 1. The molecule has 2 aromatic heterocycles. The molecule has 3 rings (SSSR count). The van der Waals surface area contributed by atoms with Gasteiger partial charge >= 0.3 is 5.69 Å². The fourth-order valence-corrected chi connectivity index (χ4v) is 2.27. The van der Waals surface area contributed by atoms with Crippen LogP contribution in [0.4, 0.5) is 5.82 Å². The summed E-state index contributed by atoms with van der Waals surface area (Å²) >= 11 is 0. The van der Waals surface area contributed by atoms with E-state index >= 15 is 0 Å². The molecule has 0 aliphatic carbocycles. The van der Waals surface area contributed by atoms with Crippen molar-refractivity contribution < 1.29 is 0 Å². The molecule has 1 unspecified atom stereocenters. The summed E-state index contributed by atoms with van der Waals surface area (Å²) in [6.45, 7) is 3.02. The van der Waals surface area contributed by atoms with Gasteiger partial charge < -0.3 is 5.32 Å². The maximum atomic E-state index is 11.3. The van der Waals surface area contributed by atoms with E-state index in [2.05, 4.69) is 51.7 Å². The monoisotopic (exact) mass is 283 g/mol. The van der Waals surface area contributed by atoms with Crippen LogP contribution in [0, 0.1) is 0 Å². The average molecular weight is 283 g/mol. The molecule has 108 valence electrons. The average Bonchev–Trinajstić information content (AvgIpc) is 2.89. The van der Waals surface area contributed by atoms with Crippen molar-refractivity contribution in [2.24, 2.45) is 0 Å². The largest absolute Gasteiger partial charge is 0.370 e. The Morgan fingerprint density at radius 1 is 1.33 bits per heavy atom. The molecule has 0 fully saturated rings. The second-order valence-corrected chi connectivity index (χ2v) is 5.06. The van der Waals surface area contributed by atoms with Gasteiger partial charge in [-0.3, -0.25) is 0 Å². The minimum absolute atomic E-state index is 0.276. The number of fused-ring (bicyclic) bond motifs is 1. The lowest BCUT2D eigenvalue weighted by Crippen LogP contribution is -2.11. The fourth-order valence-electron chi connectivity index (χ4n) is 2.27. The first kappa shape index (κ1) is 13.4. The minimum atomic E-state index is -0.276. The third-order valence-electron chi connectivity index (χ3n) is 3.56. The number of aromatic nitrogens is 4. The van der Waals surface area contributed by atoms with E-state index in [-0.39, 0.29) is 5.69 Å². The van der Waals surface area contributed by atoms with E-state index in [4.69, 9.17) is 0 Å². The van der Waals surface area contributed by atoms with Crippen LogP contribution in [-0.4, -0.2) is 26.1 Å². The van der Waals surface area contributed by atoms with Crippen molar-refractivity contribution >= 4 is 11.5 Å². The first-order chi connectivity index (χ1) is 10.2. The van der Waals surface area contributed by atoms with Crippen molar-refractivity contribution in [2.75, 3.05) is 11.9 Å². The van der Waals surface area contributed by atoms with Gasteiger partial charge in [-0.05, 0) is 17.9 Å². The quantitative estimate of drug-likeness (QED) is 0.751. The van der Waals surface area contributed by atoms with Crippen LogP contribution in [0.1, 0.15) is 24.8 Å². The number of hydrogen-bond donors (Lipinski definition) is 2. The molecule has 0 radical (unpaired) electrons. The number of rotatable bonds is 5. The van der Waals surface area contributed by atoms with Crippen LogP contribution >= 0.6 is 0 Å². The maximum absolute atomic E-state index is 11.3. The van der Waals surface area contributed by atoms with Gasteiger partial charge in [0.25, 0.3) is 0 Å². The standard InChI is InChI=1S/C15H17N5O/c1-11(12-5-3-2-4-6-12)7-8-16-13-9-14-18-19-15(21)20(14)10-17-13/h2-6,9-11,16H,7-8H2,1H3,(H,19,21). The van der Waals surface area contributed by atoms with E-state index in [1.807, 2.05) is 6.07 Å². The highest BCUT2D eigenvalue weighted by Crippen LogP contribution is 2.18. The summed E-state index contributed by atoms with van der Waals surface area (Å²) in [6.07, 6.45) is 2.48. The predicted octanol–water partition coefficient (Wildman–Crippen LogP) is 2.02. The summed E-state index contributed by atoms with van der Waals surface area (Å²) < 4.78 is 1.37. The van der Waals surface area contributed by atoms with Gasteiger partial charge in [0.15, 0.2) is 5.65 Å². The first-order valence-electron chi connectivity index (χ1n) is 6.95. The molecule has 2 heterocycles. The van der Waals surface area contributed by atoms with Crippen LogP contribution in [0.2, 0.25) is 0 Å². The SMILES string of the molecule is CC(CCNc1cc2n[nH]c(=O)n2cn1)c1ccccc1. The van der Waals surface area contributed by atoms with Crippen molar-refractivity contribution in [1.29, 1.82) is 0 Å². The molecule has 0 aliphatic rings. The van der Waals surface area contributed by atoms with Gasteiger partial charge in [0.2, 0.25) is 0 Å². The summed E-state index contributed by atoms with van der Waals surface area (Å²) in [7, 11) is 0. The van der Waals surface area contributed by atoms with Crippen molar-refractivity contribution in [2.45, 2.75) is 19.3 Å². The van der Waals surface area contributed by atoms with Crippen molar-refractivity contribution in [3.63, 3.8) is 0 Å². The highest BCUT2D eigenvalue weighted by molar-refractivity contribution is 5.48. The first-order valence-corrected chi connectivity index (χ1v) is 6.95. The molecular formula is C15H17N5O. The van der Waals surface area contributed by atoms with E-state index in [1.165, 1.54) is 16.3 Å². The second-order valence-electron chi connectivity index (χ2n) is 5.06. The Kier molecular flexibility index (Phi) is 3.68. The van der Waals surface area contributed by atoms with E-state index in [0.717, 1.165) is 18.8 Å². The number of hydrogen-bond acceptors (Lipinski definition) is 4. The zero-order valence-electron chi connectivity index (χ0n) is 11.8. The van der Waals surface area contributed by atoms with Gasteiger partial charge in [-0.2, -0.15) is 5.10 Å². The van der Waals surface area contributed by atoms with Gasteiger partial charge in [0, 0.05) is 12.6 Å². The minimum Gasteiger partial charge on any atom is -0.370 e. The Balaban J connectivity index is 1.60. The normalized spacial score (nSPS) is 12.4. The van der Waals surface area contributed by atoms with Crippen LogP contribution in [0.15, 0.2) is 47.5 Å². The lowest BCUT2D eigenvalue weighted by Gasteiger charge is -2.12. The zero-order chi connectivity index (χ0) is 14.7. The molecule has 0 aliphatic heterocycles. The Labute approximate surface area is 121 Å². The third-order valence-corrected chi connectivity index (χ3v) is 3.56. The summed E-state index contributed by atoms with van der Waals surface area (Å²) in [6, 6.07) is 12.2. The van der Waals surface area contributed by atoms with Crippen molar-refractivity contribution in [3.8, 4) is 0 Å². The molecule has 6 nitrogen and oxygen atoms in total. The number of anilines is 1. The molecule has 0 saturated heterocycles. The Hall–Kier alpha value is -2.63. The molecule has 6 heteroatoms. The van der Waals surface area contributed by atoms with Crippen LogP contribution < -0.4 is 11.0 Å². The topological polar surface area (TPSA) is 75.1 Å². The summed E-state index contributed by atoms with van der Waals surface area (Å²) in [5.41, 5.74) is 1.62. The Morgan fingerprint density at radius 3 is 2.95 bits per heavy atom. The molecule has 1 aromatic carbocycles. The van der Waals surface area contributed by atoms with E-state index in [1.54, 1.807) is 6.07 Å². The van der Waals surface area contributed by atoms with Crippen LogP contribution in [-0.2, 0) is 0 Å². The number of benzene rings is 1. The van der Waals surface area contributed by atoms with E-state index < -0.39 is 0 Å². The lowest BCUT2D eigenvalue weighted by atomic mass is 9.98. The molecule has 0 bridgehead atoms. The zero-order valence-corrected chi connectivity index (χ0v) is 11.8.